The second-order valence-electron chi connectivity index (χ2n) is 6.09. The molecule has 0 saturated heterocycles. The lowest BCUT2D eigenvalue weighted by Gasteiger charge is -2.11. The number of phenolic OH excluding ortho intramolecular Hbond substituents is 1. The molecule has 0 fully saturated rings. The Kier molecular flexibility index (Phi) is 4.74. The number of hydrogen-bond donors (Lipinski definition) is 1. The summed E-state index contributed by atoms with van der Waals surface area (Å²) in [5.41, 5.74) is 2.37. The molecule has 0 radical (unpaired) electrons. The van der Waals surface area contributed by atoms with Crippen LogP contribution >= 0.6 is 11.6 Å². The molecule has 134 valence electrons. The van der Waals surface area contributed by atoms with Gasteiger partial charge in [0, 0.05) is 21.7 Å². The van der Waals surface area contributed by atoms with Gasteiger partial charge in [-0.3, -0.25) is 14.2 Å². The molecule has 0 aliphatic carbocycles. The Labute approximate surface area is 155 Å². The first-order valence-corrected chi connectivity index (χ1v) is 8.45. The third-order valence-electron chi connectivity index (χ3n) is 4.52. The largest absolute Gasteiger partial charge is 0.508 e. The molecule has 5 nitrogen and oxygen atoms in total. The van der Waals surface area contributed by atoms with E-state index in [1.54, 1.807) is 54.8 Å². The van der Waals surface area contributed by atoms with Gasteiger partial charge in [-0.2, -0.15) is 0 Å². The molecule has 3 aromatic rings. The molecule has 0 aliphatic heterocycles. The quantitative estimate of drug-likeness (QED) is 0.698. The average molecular weight is 372 g/mol. The lowest BCUT2D eigenvalue weighted by molar-refractivity contribution is -0.141. The number of ether oxygens (including phenoxy) is 1. The maximum absolute atomic E-state index is 13.1. The molecule has 0 aliphatic rings. The van der Waals surface area contributed by atoms with Gasteiger partial charge in [-0.25, -0.2) is 0 Å². The number of carbonyl (C=O) groups is 2. The zero-order valence-electron chi connectivity index (χ0n) is 14.6. The van der Waals surface area contributed by atoms with E-state index < -0.39 is 11.9 Å². The number of aromatic nitrogens is 1. The van der Waals surface area contributed by atoms with Gasteiger partial charge < -0.3 is 9.84 Å². The Morgan fingerprint density at radius 2 is 1.81 bits per heavy atom. The van der Waals surface area contributed by atoms with E-state index in [2.05, 4.69) is 0 Å². The van der Waals surface area contributed by atoms with Gasteiger partial charge in [-0.15, -0.1) is 0 Å². The van der Waals surface area contributed by atoms with E-state index >= 15 is 0 Å². The molecule has 1 N–H and O–H groups in total. The maximum atomic E-state index is 13.1. The molecule has 0 spiro atoms. The van der Waals surface area contributed by atoms with E-state index in [9.17, 15) is 14.7 Å². The first-order valence-electron chi connectivity index (χ1n) is 8.07. The van der Waals surface area contributed by atoms with Crippen LogP contribution in [-0.4, -0.2) is 28.7 Å². The summed E-state index contributed by atoms with van der Waals surface area (Å²) in [6.45, 7) is 3.49. The fourth-order valence-electron chi connectivity index (χ4n) is 3.26. The number of fused-ring (bicyclic) bond motifs is 1. The van der Waals surface area contributed by atoms with Crippen LogP contribution in [0.15, 0.2) is 42.5 Å². The number of benzene rings is 2. The smallest absolute Gasteiger partial charge is 0.312 e. The Morgan fingerprint density at radius 1 is 1.15 bits per heavy atom. The highest BCUT2D eigenvalue weighted by atomic mass is 35.5. The van der Waals surface area contributed by atoms with Gasteiger partial charge in [-0.1, -0.05) is 11.6 Å². The summed E-state index contributed by atoms with van der Waals surface area (Å²) in [5, 5.41) is 11.1. The number of phenols is 1. The fourth-order valence-corrected chi connectivity index (χ4v) is 3.38. The first-order chi connectivity index (χ1) is 12.3. The zero-order chi connectivity index (χ0) is 19.0. The Morgan fingerprint density at radius 3 is 2.42 bits per heavy atom. The molecule has 6 heteroatoms. The molecular weight excluding hydrogens is 354 g/mol. The van der Waals surface area contributed by atoms with Gasteiger partial charge in [0.05, 0.1) is 18.5 Å². The molecule has 1 aromatic heterocycles. The number of esters is 1. The van der Waals surface area contributed by atoms with Crippen molar-refractivity contribution in [2.45, 2.75) is 19.8 Å². The van der Waals surface area contributed by atoms with Crippen LogP contribution in [0.1, 0.15) is 34.5 Å². The Hall–Kier alpha value is -2.79. The van der Waals surface area contributed by atoms with Crippen LogP contribution < -0.4 is 0 Å². The topological polar surface area (TPSA) is 68.5 Å². The summed E-state index contributed by atoms with van der Waals surface area (Å²) >= 11 is 5.91. The van der Waals surface area contributed by atoms with Crippen LogP contribution in [0, 0.1) is 6.92 Å². The minimum Gasteiger partial charge on any atom is -0.508 e. The van der Waals surface area contributed by atoms with Crippen molar-refractivity contribution in [3.05, 3.63) is 64.3 Å². The monoisotopic (exact) mass is 371 g/mol. The fraction of sp³-hybridized carbons (Fsp3) is 0.200. The molecular formula is C20H18ClNO4. The van der Waals surface area contributed by atoms with Crippen LogP contribution in [0.5, 0.6) is 5.75 Å². The van der Waals surface area contributed by atoms with Gasteiger partial charge in [0.15, 0.2) is 0 Å². The van der Waals surface area contributed by atoms with Crippen molar-refractivity contribution < 1.29 is 19.4 Å². The third kappa shape index (κ3) is 2.95. The van der Waals surface area contributed by atoms with E-state index in [0.717, 1.165) is 0 Å². The number of halogens is 1. The van der Waals surface area contributed by atoms with Crippen LogP contribution in [0.4, 0.5) is 0 Å². The predicted molar refractivity (Wildman–Crippen MR) is 100.0 cm³/mol. The van der Waals surface area contributed by atoms with E-state index in [4.69, 9.17) is 16.3 Å². The molecule has 26 heavy (non-hydrogen) atoms. The van der Waals surface area contributed by atoms with Gasteiger partial charge >= 0.3 is 5.97 Å². The average Bonchev–Trinajstić information content (AvgIpc) is 2.91. The summed E-state index contributed by atoms with van der Waals surface area (Å²) in [5.74, 6) is -1.16. The minimum atomic E-state index is -0.580. The van der Waals surface area contributed by atoms with Crippen molar-refractivity contribution >= 4 is 34.4 Å². The van der Waals surface area contributed by atoms with Crippen LogP contribution in [0.2, 0.25) is 5.02 Å². The van der Waals surface area contributed by atoms with Gasteiger partial charge in [0.1, 0.15) is 5.75 Å². The van der Waals surface area contributed by atoms with E-state index in [0.29, 0.717) is 32.7 Å². The highest BCUT2D eigenvalue weighted by Crippen LogP contribution is 2.35. The molecule has 1 heterocycles. The highest BCUT2D eigenvalue weighted by molar-refractivity contribution is 6.30. The molecule has 2 aromatic carbocycles. The van der Waals surface area contributed by atoms with E-state index in [1.807, 2.05) is 0 Å². The minimum absolute atomic E-state index is 0.0620. The molecule has 0 amide bonds. The number of nitrogens with zero attached hydrogens (tertiary/aromatic N) is 1. The summed E-state index contributed by atoms with van der Waals surface area (Å²) in [7, 11) is 1.32. The van der Waals surface area contributed by atoms with Crippen molar-refractivity contribution in [2.75, 3.05) is 7.11 Å². The SMILES string of the molecule is COC(=O)[C@@H](C)c1c(C)n(C(=O)c2ccc(Cl)cc2)c2ccc(O)cc12. The Balaban J connectivity index is 2.26. The lowest BCUT2D eigenvalue weighted by Crippen LogP contribution is -2.15. The van der Waals surface area contributed by atoms with Crippen molar-refractivity contribution in [3.63, 3.8) is 0 Å². The predicted octanol–water partition coefficient (Wildman–Crippen LogP) is 4.27. The zero-order valence-corrected chi connectivity index (χ0v) is 15.4. The second kappa shape index (κ2) is 6.84. The number of methoxy groups -OCH3 is 1. The summed E-state index contributed by atoms with van der Waals surface area (Å²) in [4.78, 5) is 25.2. The normalized spacial score (nSPS) is 12.2. The Bertz CT molecular complexity index is 1000. The standard InChI is InChI=1S/C20H18ClNO4/c1-11(20(25)26-3)18-12(2)22(17-9-8-15(23)10-16(17)18)19(24)13-4-6-14(21)7-5-13/h4-11,23H,1-3H3/t11-/m0/s1. The van der Waals surface area contributed by atoms with Crippen LogP contribution in [-0.2, 0) is 9.53 Å². The van der Waals surface area contributed by atoms with Crippen molar-refractivity contribution in [2.24, 2.45) is 0 Å². The lowest BCUT2D eigenvalue weighted by atomic mass is 9.98. The van der Waals surface area contributed by atoms with Crippen LogP contribution in [0.3, 0.4) is 0 Å². The van der Waals surface area contributed by atoms with E-state index in [-0.39, 0.29) is 11.7 Å². The van der Waals surface area contributed by atoms with Gasteiger partial charge in [-0.05, 0) is 61.9 Å². The van der Waals surface area contributed by atoms with Crippen molar-refractivity contribution in [1.29, 1.82) is 0 Å². The summed E-state index contributed by atoms with van der Waals surface area (Å²) in [6.07, 6.45) is 0. The summed E-state index contributed by atoms with van der Waals surface area (Å²) in [6, 6.07) is 11.3. The molecule has 1 atom stereocenters. The number of rotatable bonds is 3. The van der Waals surface area contributed by atoms with Crippen molar-refractivity contribution in [1.82, 2.24) is 4.57 Å². The molecule has 0 bridgehead atoms. The first kappa shape index (κ1) is 18.0. The maximum Gasteiger partial charge on any atom is 0.312 e. The van der Waals surface area contributed by atoms with Gasteiger partial charge in [0.25, 0.3) is 5.91 Å². The third-order valence-corrected chi connectivity index (χ3v) is 4.77. The number of hydrogen-bond acceptors (Lipinski definition) is 4. The highest BCUT2D eigenvalue weighted by Gasteiger charge is 2.27. The second-order valence-corrected chi connectivity index (χ2v) is 6.53. The molecule has 0 unspecified atom stereocenters. The van der Waals surface area contributed by atoms with Crippen LogP contribution in [0.25, 0.3) is 10.9 Å². The van der Waals surface area contributed by atoms with Crippen molar-refractivity contribution in [3.8, 4) is 5.75 Å². The number of carbonyl (C=O) groups excluding carboxylic acids is 2. The van der Waals surface area contributed by atoms with E-state index in [1.165, 1.54) is 13.2 Å². The molecule has 3 rings (SSSR count). The summed E-state index contributed by atoms with van der Waals surface area (Å²) < 4.78 is 6.41. The van der Waals surface area contributed by atoms with Gasteiger partial charge in [0.2, 0.25) is 0 Å². The number of aromatic hydroxyl groups is 1. The molecule has 0 saturated carbocycles.